The zero-order valence-corrected chi connectivity index (χ0v) is 14.3. The van der Waals surface area contributed by atoms with E-state index in [1.165, 1.54) is 64.2 Å². The second-order valence-corrected chi connectivity index (χ2v) is 13.0. The summed E-state index contributed by atoms with van der Waals surface area (Å²) in [5.41, 5.74) is 0. The Hall–Kier alpha value is 0.797. The Kier molecular flexibility index (Phi) is 12.4. The minimum Gasteiger partial charge on any atom is -0.146 e. The molecule has 0 aliphatic carbocycles. The highest BCUT2D eigenvalue weighted by atomic mass is 35.7. The molecule has 0 saturated carbocycles. The first-order valence-electron chi connectivity index (χ1n) is 7.50. The van der Waals surface area contributed by atoms with Gasteiger partial charge in [-0.05, 0) is 12.1 Å². The minimum absolute atomic E-state index is 0.994. The zero-order valence-electron chi connectivity index (χ0n) is 11.7. The van der Waals surface area contributed by atoms with Gasteiger partial charge in [0.2, 0.25) is 0 Å². The van der Waals surface area contributed by atoms with Crippen LogP contribution in [0.3, 0.4) is 0 Å². The van der Waals surface area contributed by atoms with Crippen molar-refractivity contribution >= 4 is 28.9 Å². The molecule has 0 radical (unpaired) electrons. The van der Waals surface area contributed by atoms with Crippen molar-refractivity contribution in [2.45, 2.75) is 90.1 Å². The van der Waals surface area contributed by atoms with E-state index >= 15 is 0 Å². The van der Waals surface area contributed by atoms with Crippen molar-refractivity contribution in [1.82, 2.24) is 0 Å². The van der Waals surface area contributed by atoms with Crippen LogP contribution < -0.4 is 0 Å². The molecule has 0 unspecified atom stereocenters. The molecule has 0 aromatic carbocycles. The van der Waals surface area contributed by atoms with Crippen molar-refractivity contribution < 1.29 is 0 Å². The van der Waals surface area contributed by atoms with Gasteiger partial charge in [0.15, 0.2) is 0 Å². The molecule has 0 atom stereocenters. The third kappa shape index (κ3) is 13.0. The van der Waals surface area contributed by atoms with E-state index in [0.717, 1.165) is 12.1 Å². The van der Waals surface area contributed by atoms with Gasteiger partial charge in [0.1, 0.15) is 0 Å². The molecule has 0 saturated heterocycles. The van der Waals surface area contributed by atoms with Crippen molar-refractivity contribution in [2.75, 3.05) is 0 Å². The normalized spacial score (nSPS) is 12.0. The molecule has 0 heterocycles. The summed E-state index contributed by atoms with van der Waals surface area (Å²) in [6, 6.07) is 2.08. The van der Waals surface area contributed by atoms with E-state index in [1.807, 2.05) is 0 Å². The van der Waals surface area contributed by atoms with E-state index in [9.17, 15) is 0 Å². The van der Waals surface area contributed by atoms with Crippen LogP contribution in [0.25, 0.3) is 0 Å². The van der Waals surface area contributed by atoms with Crippen LogP contribution in [-0.4, -0.2) is 6.69 Å². The van der Waals surface area contributed by atoms with Crippen molar-refractivity contribution in [3.63, 3.8) is 0 Å². The lowest BCUT2D eigenvalue weighted by Crippen LogP contribution is -2.16. The van der Waals surface area contributed by atoms with Crippen LogP contribution in [0, 0.1) is 0 Å². The minimum atomic E-state index is -1.82. The van der Waals surface area contributed by atoms with Crippen LogP contribution in [0.15, 0.2) is 0 Å². The lowest BCUT2D eigenvalue weighted by atomic mass is 10.1. The number of halogens is 2. The second-order valence-electron chi connectivity index (χ2n) is 5.14. The van der Waals surface area contributed by atoms with Crippen LogP contribution in [0.2, 0.25) is 12.1 Å². The molecule has 0 aliphatic heterocycles. The fraction of sp³-hybridized carbons (Fsp3) is 1.00. The van der Waals surface area contributed by atoms with Crippen LogP contribution in [-0.2, 0) is 0 Å². The molecule has 0 aromatic rings. The molecule has 0 N–H and O–H groups in total. The van der Waals surface area contributed by atoms with E-state index < -0.39 is 6.69 Å². The standard InChI is InChI=1S/C14H30Cl2Si/c1-3-5-6-7-8-9-10-11-12-13-14-17(15,16)4-2/h3-14H2,1-2H3. The van der Waals surface area contributed by atoms with Crippen molar-refractivity contribution in [3.8, 4) is 0 Å². The van der Waals surface area contributed by atoms with Crippen molar-refractivity contribution in [2.24, 2.45) is 0 Å². The summed E-state index contributed by atoms with van der Waals surface area (Å²) in [5, 5.41) is 0. The number of unbranched alkanes of at least 4 members (excludes halogenated alkanes) is 9. The molecule has 0 amide bonds. The maximum absolute atomic E-state index is 6.24. The summed E-state index contributed by atoms with van der Waals surface area (Å²) in [6.07, 6.45) is 13.8. The highest BCUT2D eigenvalue weighted by molar-refractivity contribution is 7.45. The van der Waals surface area contributed by atoms with Gasteiger partial charge in [-0.25, -0.2) is 0 Å². The Labute approximate surface area is 119 Å². The molecule has 3 heteroatoms. The highest BCUT2D eigenvalue weighted by Crippen LogP contribution is 2.27. The number of rotatable bonds is 12. The summed E-state index contributed by atoms with van der Waals surface area (Å²) in [6.45, 7) is 2.56. The van der Waals surface area contributed by atoms with Gasteiger partial charge in [-0.3, -0.25) is 0 Å². The Bertz CT molecular complexity index is 160. The van der Waals surface area contributed by atoms with Gasteiger partial charge in [-0.1, -0.05) is 78.1 Å². The molecule has 0 nitrogen and oxygen atoms in total. The summed E-state index contributed by atoms with van der Waals surface area (Å²) in [4.78, 5) is 0. The third-order valence-electron chi connectivity index (χ3n) is 3.41. The first-order valence-corrected chi connectivity index (χ1v) is 11.9. The average Bonchev–Trinajstić information content (AvgIpc) is 2.31. The Morgan fingerprint density at radius 1 is 0.647 bits per heavy atom. The van der Waals surface area contributed by atoms with Gasteiger partial charge < -0.3 is 0 Å². The topological polar surface area (TPSA) is 0 Å². The first kappa shape index (κ1) is 17.8. The first-order chi connectivity index (χ1) is 8.12. The van der Waals surface area contributed by atoms with Crippen molar-refractivity contribution in [1.29, 1.82) is 0 Å². The number of hydrogen-bond acceptors (Lipinski definition) is 0. The molecule has 17 heavy (non-hydrogen) atoms. The molecule has 0 rings (SSSR count). The summed E-state index contributed by atoms with van der Waals surface area (Å²) >= 11 is 12.5. The fourth-order valence-electron chi connectivity index (χ4n) is 2.05. The summed E-state index contributed by atoms with van der Waals surface area (Å²) < 4.78 is 0. The maximum Gasteiger partial charge on any atom is 0.251 e. The summed E-state index contributed by atoms with van der Waals surface area (Å²) in [5.74, 6) is 0. The predicted octanol–water partition coefficient (Wildman–Crippen LogP) is 6.85. The molecule has 0 aliphatic rings. The maximum atomic E-state index is 6.24. The van der Waals surface area contributed by atoms with Crippen molar-refractivity contribution in [3.05, 3.63) is 0 Å². The van der Waals surface area contributed by atoms with Gasteiger partial charge in [-0.15, -0.1) is 22.2 Å². The SMILES string of the molecule is CCCCCCCCCCCC[Si](Cl)(Cl)CC. The lowest BCUT2D eigenvalue weighted by Gasteiger charge is -2.13. The predicted molar refractivity (Wildman–Crippen MR) is 84.6 cm³/mol. The highest BCUT2D eigenvalue weighted by Gasteiger charge is 2.24. The van der Waals surface area contributed by atoms with Gasteiger partial charge in [0.05, 0.1) is 0 Å². The summed E-state index contributed by atoms with van der Waals surface area (Å²) in [7, 11) is 0. The van der Waals surface area contributed by atoms with E-state index in [0.29, 0.717) is 0 Å². The average molecular weight is 297 g/mol. The zero-order chi connectivity index (χ0) is 13.0. The molecule has 104 valence electrons. The molecule has 0 bridgehead atoms. The molecular formula is C14H30Cl2Si. The molecule has 0 spiro atoms. The quantitative estimate of drug-likeness (QED) is 0.210. The monoisotopic (exact) mass is 296 g/mol. The fourth-order valence-corrected chi connectivity index (χ4v) is 3.97. The van der Waals surface area contributed by atoms with Crippen LogP contribution in [0.1, 0.15) is 78.1 Å². The largest absolute Gasteiger partial charge is 0.251 e. The third-order valence-corrected chi connectivity index (χ3v) is 8.27. The lowest BCUT2D eigenvalue weighted by molar-refractivity contribution is 0.562. The van der Waals surface area contributed by atoms with E-state index in [2.05, 4.69) is 13.8 Å². The van der Waals surface area contributed by atoms with Crippen LogP contribution >= 0.6 is 22.2 Å². The van der Waals surface area contributed by atoms with E-state index in [4.69, 9.17) is 22.2 Å². The molecule has 0 aromatic heterocycles. The Balaban J connectivity index is 3.09. The van der Waals surface area contributed by atoms with Gasteiger partial charge in [0, 0.05) is 0 Å². The van der Waals surface area contributed by atoms with Crippen LogP contribution in [0.4, 0.5) is 0 Å². The smallest absolute Gasteiger partial charge is 0.146 e. The van der Waals surface area contributed by atoms with E-state index in [-0.39, 0.29) is 0 Å². The Morgan fingerprint density at radius 3 is 1.47 bits per heavy atom. The molecule has 0 fully saturated rings. The van der Waals surface area contributed by atoms with Gasteiger partial charge >= 0.3 is 0 Å². The second kappa shape index (κ2) is 11.9. The van der Waals surface area contributed by atoms with E-state index in [1.54, 1.807) is 0 Å². The van der Waals surface area contributed by atoms with Crippen LogP contribution in [0.5, 0.6) is 0 Å². The van der Waals surface area contributed by atoms with Gasteiger partial charge in [0.25, 0.3) is 6.69 Å². The Morgan fingerprint density at radius 2 is 1.06 bits per heavy atom. The van der Waals surface area contributed by atoms with Gasteiger partial charge in [-0.2, -0.15) is 0 Å². The molecular weight excluding hydrogens is 267 g/mol. The number of hydrogen-bond donors (Lipinski definition) is 0.